The van der Waals surface area contributed by atoms with Crippen LogP contribution in [-0.4, -0.2) is 31.0 Å². The molecule has 0 aromatic rings. The first-order valence-electron chi connectivity index (χ1n) is 5.97. The van der Waals surface area contributed by atoms with Crippen molar-refractivity contribution in [1.82, 2.24) is 5.32 Å². The van der Waals surface area contributed by atoms with E-state index in [1.54, 1.807) is 0 Å². The molecule has 23 heavy (non-hydrogen) atoms. The Morgan fingerprint density at radius 1 is 0.913 bits per heavy atom. The largest absolute Gasteiger partial charge is 0.707 e. The molecule has 0 amide bonds. The highest BCUT2D eigenvalue weighted by Gasteiger charge is 2.76. The summed E-state index contributed by atoms with van der Waals surface area (Å²) in [6.45, 7) is 0.837. The van der Waals surface area contributed by atoms with Crippen molar-refractivity contribution < 1.29 is 19.7 Å². The average Bonchev–Trinajstić information content (AvgIpc) is 2.72. The third-order valence-corrected chi connectivity index (χ3v) is 3.26. The first kappa shape index (κ1) is 17.7. The van der Waals surface area contributed by atoms with Gasteiger partial charge in [0.05, 0.1) is 5.70 Å². The molecule has 1 heterocycles. The summed E-state index contributed by atoms with van der Waals surface area (Å²) in [4.78, 5) is 38.1. The Balaban J connectivity index is 3.48. The molecule has 1 N–H and O–H groups in total. The molecule has 1 aliphatic rings. The minimum absolute atomic E-state index is 0.262. The maximum absolute atomic E-state index is 11.4. The van der Waals surface area contributed by atoms with Gasteiger partial charge in [-0.25, -0.2) is 0 Å². The molecular formula is C10H11N5O8. The second-order valence-electron chi connectivity index (χ2n) is 4.72. The lowest BCUT2D eigenvalue weighted by Gasteiger charge is -2.23. The Bertz CT molecular complexity index is 618. The number of allylic oxidation sites excluding steroid dienone is 4. The van der Waals surface area contributed by atoms with Crippen molar-refractivity contribution in [2.45, 2.75) is 24.7 Å². The third kappa shape index (κ3) is 2.97. The average molecular weight is 329 g/mol. The topological polar surface area (TPSA) is 185 Å². The Morgan fingerprint density at radius 3 is 1.87 bits per heavy atom. The molecule has 0 saturated heterocycles. The molecule has 0 spiro atoms. The zero-order valence-electron chi connectivity index (χ0n) is 11.6. The minimum Gasteiger partial charge on any atom is -0.359 e. The van der Waals surface area contributed by atoms with E-state index in [1.807, 2.05) is 0 Å². The maximum atomic E-state index is 11.4. The monoisotopic (exact) mass is 329 g/mol. The van der Waals surface area contributed by atoms with Crippen LogP contribution >= 0.6 is 0 Å². The summed E-state index contributed by atoms with van der Waals surface area (Å²) in [5.74, 6) is -3.94. The van der Waals surface area contributed by atoms with Crippen molar-refractivity contribution >= 4 is 0 Å². The number of rotatable bonds is 7. The van der Waals surface area contributed by atoms with Gasteiger partial charge < -0.3 is 5.32 Å². The van der Waals surface area contributed by atoms with Crippen LogP contribution < -0.4 is 5.32 Å². The van der Waals surface area contributed by atoms with Crippen molar-refractivity contribution in [1.29, 1.82) is 0 Å². The van der Waals surface area contributed by atoms with E-state index < -0.39 is 37.4 Å². The van der Waals surface area contributed by atoms with Crippen LogP contribution in [0.1, 0.15) is 13.3 Å². The SMILES string of the molecule is CC(CC([N+](=O)[O-])([N+](=O)[O-])[N+](=O)[O-])(C1=CC=CC=CN1)[N+](=O)[O-]. The Kier molecular flexibility index (Phi) is 4.74. The van der Waals surface area contributed by atoms with Crippen LogP contribution in [0.5, 0.6) is 0 Å². The van der Waals surface area contributed by atoms with Crippen LogP contribution in [0, 0.1) is 40.5 Å². The van der Waals surface area contributed by atoms with Gasteiger partial charge in [0.2, 0.25) is 6.42 Å². The minimum atomic E-state index is -3.94. The Labute approximate surface area is 127 Å². The van der Waals surface area contributed by atoms with E-state index in [1.165, 1.54) is 24.4 Å². The van der Waals surface area contributed by atoms with Crippen molar-refractivity contribution in [3.05, 3.63) is 76.7 Å². The highest BCUT2D eigenvalue weighted by atomic mass is 16.7. The third-order valence-electron chi connectivity index (χ3n) is 3.26. The van der Waals surface area contributed by atoms with Gasteiger partial charge >= 0.3 is 5.79 Å². The van der Waals surface area contributed by atoms with Gasteiger partial charge in [-0.1, -0.05) is 12.2 Å². The van der Waals surface area contributed by atoms with E-state index in [2.05, 4.69) is 5.32 Å². The van der Waals surface area contributed by atoms with E-state index in [4.69, 9.17) is 0 Å². The van der Waals surface area contributed by atoms with E-state index in [-0.39, 0.29) is 5.70 Å². The maximum Gasteiger partial charge on any atom is 0.707 e. The van der Waals surface area contributed by atoms with E-state index in [0.29, 0.717) is 0 Å². The summed E-state index contributed by atoms with van der Waals surface area (Å²) in [6.07, 6.45) is 5.10. The van der Waals surface area contributed by atoms with Gasteiger partial charge in [0.1, 0.15) is 0 Å². The predicted octanol–water partition coefficient (Wildman–Crippen LogP) is 0.453. The van der Waals surface area contributed by atoms with E-state index >= 15 is 0 Å². The van der Waals surface area contributed by atoms with Gasteiger partial charge in [-0.05, 0) is 12.2 Å². The second-order valence-corrected chi connectivity index (χ2v) is 4.72. The predicted molar refractivity (Wildman–Crippen MR) is 73.2 cm³/mol. The molecule has 13 nitrogen and oxygen atoms in total. The molecule has 13 heteroatoms. The van der Waals surface area contributed by atoms with Crippen LogP contribution in [-0.2, 0) is 0 Å². The smallest absolute Gasteiger partial charge is 0.359 e. The van der Waals surface area contributed by atoms with Crippen molar-refractivity contribution in [3.8, 4) is 0 Å². The number of hydrogen-bond donors (Lipinski definition) is 1. The summed E-state index contributed by atoms with van der Waals surface area (Å²) >= 11 is 0. The molecule has 0 bridgehead atoms. The number of nitrogens with zero attached hydrogens (tertiary/aromatic N) is 4. The summed E-state index contributed by atoms with van der Waals surface area (Å²) in [6, 6.07) is 0. The van der Waals surface area contributed by atoms with Gasteiger partial charge in [0.25, 0.3) is 5.54 Å². The molecule has 0 saturated carbocycles. The number of hydrogen-bond acceptors (Lipinski definition) is 9. The molecule has 1 aliphatic heterocycles. The number of nitrogens with one attached hydrogen (secondary N) is 1. The molecule has 1 unspecified atom stereocenters. The highest BCUT2D eigenvalue weighted by molar-refractivity contribution is 5.26. The van der Waals surface area contributed by atoms with E-state index in [9.17, 15) is 40.5 Å². The quantitative estimate of drug-likeness (QED) is 0.393. The standard InChI is InChI=1S/C10H11N5O8/c1-9(12(16)17,8-5-3-2-4-6-11-8)7-10(13(18)19,14(20)21)15(22)23/h2-6,11H,7H2,1H3. The molecule has 0 aromatic carbocycles. The van der Waals surface area contributed by atoms with Crippen LogP contribution in [0.25, 0.3) is 0 Å². The molecular weight excluding hydrogens is 318 g/mol. The summed E-state index contributed by atoms with van der Waals surface area (Å²) in [7, 11) is 0. The van der Waals surface area contributed by atoms with E-state index in [0.717, 1.165) is 13.0 Å². The molecule has 0 fully saturated rings. The van der Waals surface area contributed by atoms with Gasteiger partial charge in [-0.3, -0.25) is 40.5 Å². The summed E-state index contributed by atoms with van der Waals surface area (Å²) in [5.41, 5.74) is -2.73. The fourth-order valence-electron chi connectivity index (χ4n) is 1.91. The van der Waals surface area contributed by atoms with Gasteiger partial charge in [0.15, 0.2) is 14.8 Å². The summed E-state index contributed by atoms with van der Waals surface area (Å²) < 4.78 is 0. The molecule has 1 rings (SSSR count). The van der Waals surface area contributed by atoms with Crippen LogP contribution in [0.15, 0.2) is 36.2 Å². The van der Waals surface area contributed by atoms with Crippen LogP contribution in [0.4, 0.5) is 0 Å². The van der Waals surface area contributed by atoms with Gasteiger partial charge in [-0.2, -0.15) is 0 Å². The second kappa shape index (κ2) is 6.17. The molecule has 124 valence electrons. The van der Waals surface area contributed by atoms with Crippen molar-refractivity contribution in [3.63, 3.8) is 0 Å². The summed E-state index contributed by atoms with van der Waals surface area (Å²) in [5, 5.41) is 46.8. The lowest BCUT2D eigenvalue weighted by Crippen LogP contribution is -2.60. The number of nitro groups is 4. The van der Waals surface area contributed by atoms with Gasteiger partial charge in [-0.15, -0.1) is 0 Å². The fourth-order valence-corrected chi connectivity index (χ4v) is 1.91. The van der Waals surface area contributed by atoms with Crippen LogP contribution in [0.3, 0.4) is 0 Å². The first-order valence-corrected chi connectivity index (χ1v) is 5.97. The molecule has 0 radical (unpaired) electrons. The van der Waals surface area contributed by atoms with Gasteiger partial charge in [0, 0.05) is 18.0 Å². The fraction of sp³-hybridized carbons (Fsp3) is 0.400. The molecule has 1 atom stereocenters. The van der Waals surface area contributed by atoms with Crippen molar-refractivity contribution in [2.24, 2.45) is 0 Å². The zero-order valence-corrected chi connectivity index (χ0v) is 11.6. The van der Waals surface area contributed by atoms with Crippen LogP contribution in [0.2, 0.25) is 0 Å². The lowest BCUT2D eigenvalue weighted by molar-refractivity contribution is -0.974. The molecule has 0 aromatic heterocycles. The lowest BCUT2D eigenvalue weighted by atomic mass is 9.90. The van der Waals surface area contributed by atoms with Crippen molar-refractivity contribution in [2.75, 3.05) is 0 Å². The first-order chi connectivity index (χ1) is 10.6. The zero-order chi connectivity index (χ0) is 17.8. The Hall–Kier alpha value is -3.38. The molecule has 0 aliphatic carbocycles. The highest BCUT2D eigenvalue weighted by Crippen LogP contribution is 2.32. The Morgan fingerprint density at radius 2 is 1.43 bits per heavy atom. The normalized spacial score (nSPS) is 16.5.